The van der Waals surface area contributed by atoms with Gasteiger partial charge in [-0.25, -0.2) is 0 Å². The van der Waals surface area contributed by atoms with E-state index in [0.717, 1.165) is 0 Å². The Morgan fingerprint density at radius 2 is 2.05 bits per heavy atom. The number of halogens is 4. The van der Waals surface area contributed by atoms with Gasteiger partial charge >= 0.3 is 6.18 Å². The molecule has 8 heteroatoms. The summed E-state index contributed by atoms with van der Waals surface area (Å²) in [5.74, 6) is -0.756. The zero-order valence-corrected chi connectivity index (χ0v) is 11.6. The van der Waals surface area contributed by atoms with Gasteiger partial charge in [-0.3, -0.25) is 4.79 Å². The molecule has 114 valence electrons. The molecule has 4 nitrogen and oxygen atoms in total. The highest BCUT2D eigenvalue weighted by atomic mass is 35.5. The van der Waals surface area contributed by atoms with Crippen molar-refractivity contribution < 1.29 is 22.5 Å². The van der Waals surface area contributed by atoms with Crippen molar-refractivity contribution in [2.45, 2.75) is 12.6 Å². The van der Waals surface area contributed by atoms with Crippen LogP contribution in [0.1, 0.15) is 5.69 Å². The van der Waals surface area contributed by atoms with E-state index in [4.69, 9.17) is 16.1 Å². The minimum absolute atomic E-state index is 0.0681. The van der Waals surface area contributed by atoms with Crippen LogP contribution in [0.5, 0.6) is 0 Å². The number of fused-ring (bicyclic) bond motifs is 1. The summed E-state index contributed by atoms with van der Waals surface area (Å²) in [5, 5.41) is 4.35. The third-order valence-corrected chi connectivity index (χ3v) is 3.02. The molecule has 0 fully saturated rings. The summed E-state index contributed by atoms with van der Waals surface area (Å²) in [5.41, 5.74) is 0.803. The Morgan fingerprint density at radius 1 is 1.33 bits per heavy atom. The number of amides is 1. The predicted molar refractivity (Wildman–Crippen MR) is 71.1 cm³/mol. The number of carbonyl (C=O) groups is 1. The summed E-state index contributed by atoms with van der Waals surface area (Å²) < 4.78 is 42.4. The monoisotopic (exact) mass is 320 g/mol. The standard InChI is InChI=1S/C13H12ClF3N2O2/c14-5-6-19(8-13(15,16)17)12(20)7-10-9-3-1-2-4-11(9)21-18-10/h1-4H,5-8H2. The fourth-order valence-electron chi connectivity index (χ4n) is 1.93. The molecule has 1 amide bonds. The second kappa shape index (κ2) is 6.34. The first-order valence-corrected chi connectivity index (χ1v) is 6.68. The third-order valence-electron chi connectivity index (χ3n) is 2.85. The van der Waals surface area contributed by atoms with Crippen LogP contribution in [0.25, 0.3) is 11.0 Å². The zero-order valence-electron chi connectivity index (χ0n) is 10.9. The summed E-state index contributed by atoms with van der Waals surface area (Å²) in [7, 11) is 0. The van der Waals surface area contributed by atoms with Crippen molar-refractivity contribution in [3.63, 3.8) is 0 Å². The lowest BCUT2D eigenvalue weighted by molar-refractivity contribution is -0.160. The summed E-state index contributed by atoms with van der Waals surface area (Å²) in [4.78, 5) is 12.7. The van der Waals surface area contributed by atoms with Gasteiger partial charge in [-0.05, 0) is 12.1 Å². The van der Waals surface area contributed by atoms with E-state index in [-0.39, 0.29) is 18.8 Å². The fraction of sp³-hybridized carbons (Fsp3) is 0.385. The van der Waals surface area contributed by atoms with Gasteiger partial charge in [0.15, 0.2) is 5.58 Å². The van der Waals surface area contributed by atoms with E-state index in [1.807, 2.05) is 0 Å². The largest absolute Gasteiger partial charge is 0.406 e. The molecule has 0 saturated carbocycles. The van der Waals surface area contributed by atoms with Crippen LogP contribution in [-0.4, -0.2) is 41.1 Å². The van der Waals surface area contributed by atoms with Gasteiger partial charge in [0, 0.05) is 17.8 Å². The maximum atomic E-state index is 12.5. The second-order valence-electron chi connectivity index (χ2n) is 4.42. The first-order chi connectivity index (χ1) is 9.90. The normalized spacial score (nSPS) is 11.8. The molecule has 0 atom stereocenters. The van der Waals surface area contributed by atoms with Crippen LogP contribution in [0, 0.1) is 0 Å². The predicted octanol–water partition coefficient (Wildman–Crippen LogP) is 3.00. The first kappa shape index (κ1) is 15.6. The molecule has 0 saturated heterocycles. The van der Waals surface area contributed by atoms with Crippen LogP contribution in [0.15, 0.2) is 28.8 Å². The minimum atomic E-state index is -4.46. The molecule has 2 aromatic rings. The van der Waals surface area contributed by atoms with Crippen LogP contribution >= 0.6 is 11.6 Å². The SMILES string of the molecule is O=C(Cc1noc2ccccc12)N(CCCl)CC(F)(F)F. The van der Waals surface area contributed by atoms with Crippen molar-refractivity contribution >= 4 is 28.5 Å². The van der Waals surface area contributed by atoms with Crippen molar-refractivity contribution in [3.05, 3.63) is 30.0 Å². The highest BCUT2D eigenvalue weighted by Crippen LogP contribution is 2.20. The number of para-hydroxylation sites is 1. The number of alkyl halides is 4. The van der Waals surface area contributed by atoms with E-state index >= 15 is 0 Å². The third kappa shape index (κ3) is 4.10. The molecule has 0 N–H and O–H groups in total. The molecule has 1 aromatic carbocycles. The Kier molecular flexibility index (Phi) is 4.72. The Bertz CT molecular complexity index is 627. The zero-order chi connectivity index (χ0) is 15.5. The number of hydrogen-bond acceptors (Lipinski definition) is 3. The second-order valence-corrected chi connectivity index (χ2v) is 4.80. The lowest BCUT2D eigenvalue weighted by Gasteiger charge is -2.22. The van der Waals surface area contributed by atoms with Gasteiger partial charge in [0.2, 0.25) is 5.91 Å². The molecule has 0 unspecified atom stereocenters. The number of hydrogen-bond donors (Lipinski definition) is 0. The molecule has 21 heavy (non-hydrogen) atoms. The number of benzene rings is 1. The van der Waals surface area contributed by atoms with Crippen molar-refractivity contribution in [1.29, 1.82) is 0 Å². The first-order valence-electron chi connectivity index (χ1n) is 6.14. The number of aromatic nitrogens is 1. The van der Waals surface area contributed by atoms with E-state index in [9.17, 15) is 18.0 Å². The van der Waals surface area contributed by atoms with Crippen molar-refractivity contribution in [2.75, 3.05) is 19.0 Å². The molecule has 1 aromatic heterocycles. The summed E-state index contributed by atoms with van der Waals surface area (Å²) in [6.45, 7) is -1.50. The van der Waals surface area contributed by atoms with Gasteiger partial charge in [-0.15, -0.1) is 11.6 Å². The highest BCUT2D eigenvalue weighted by molar-refractivity contribution is 6.18. The molecule has 0 radical (unpaired) electrons. The lowest BCUT2D eigenvalue weighted by atomic mass is 10.1. The van der Waals surface area contributed by atoms with Gasteiger partial charge in [0.05, 0.1) is 6.42 Å². The summed E-state index contributed by atoms with van der Waals surface area (Å²) in [6, 6.07) is 6.84. The molecule has 0 bridgehead atoms. The van der Waals surface area contributed by atoms with Crippen molar-refractivity contribution in [3.8, 4) is 0 Å². The van der Waals surface area contributed by atoms with Crippen LogP contribution < -0.4 is 0 Å². The minimum Gasteiger partial charge on any atom is -0.356 e. The van der Waals surface area contributed by atoms with Crippen molar-refractivity contribution in [1.82, 2.24) is 10.1 Å². The Balaban J connectivity index is 2.14. The summed E-state index contributed by atoms with van der Waals surface area (Å²) >= 11 is 5.45. The van der Waals surface area contributed by atoms with Gasteiger partial charge in [0.25, 0.3) is 0 Å². The van der Waals surface area contributed by atoms with Gasteiger partial charge < -0.3 is 9.42 Å². The average Bonchev–Trinajstić information content (AvgIpc) is 2.80. The van der Waals surface area contributed by atoms with Crippen LogP contribution in [0.3, 0.4) is 0 Å². The van der Waals surface area contributed by atoms with Crippen LogP contribution in [0.4, 0.5) is 13.2 Å². The van der Waals surface area contributed by atoms with Crippen molar-refractivity contribution in [2.24, 2.45) is 0 Å². The molecular weight excluding hydrogens is 309 g/mol. The molecule has 0 aliphatic rings. The lowest BCUT2D eigenvalue weighted by Crippen LogP contribution is -2.41. The Morgan fingerprint density at radius 3 is 2.71 bits per heavy atom. The summed E-state index contributed by atoms with van der Waals surface area (Å²) in [6.07, 6.45) is -4.72. The molecule has 0 aliphatic heterocycles. The maximum Gasteiger partial charge on any atom is 0.406 e. The molecule has 1 heterocycles. The number of nitrogens with zero attached hydrogens (tertiary/aromatic N) is 2. The fourth-order valence-corrected chi connectivity index (χ4v) is 2.14. The van der Waals surface area contributed by atoms with Gasteiger partial charge in [-0.2, -0.15) is 13.2 Å². The van der Waals surface area contributed by atoms with E-state index in [2.05, 4.69) is 5.16 Å². The van der Waals surface area contributed by atoms with E-state index in [1.165, 1.54) is 0 Å². The topological polar surface area (TPSA) is 46.3 Å². The number of rotatable bonds is 5. The number of carbonyl (C=O) groups excluding carboxylic acids is 1. The van der Waals surface area contributed by atoms with E-state index < -0.39 is 18.6 Å². The van der Waals surface area contributed by atoms with Gasteiger partial charge in [0.1, 0.15) is 12.2 Å². The van der Waals surface area contributed by atoms with E-state index in [1.54, 1.807) is 24.3 Å². The molecule has 0 aliphatic carbocycles. The smallest absolute Gasteiger partial charge is 0.356 e. The van der Waals surface area contributed by atoms with E-state index in [0.29, 0.717) is 21.6 Å². The quantitative estimate of drug-likeness (QED) is 0.796. The highest BCUT2D eigenvalue weighted by Gasteiger charge is 2.33. The molecule has 2 rings (SSSR count). The molecule has 0 spiro atoms. The Hall–Kier alpha value is -1.76. The molecular formula is C13H12ClF3N2O2. The van der Waals surface area contributed by atoms with Crippen LogP contribution in [-0.2, 0) is 11.2 Å². The maximum absolute atomic E-state index is 12.5. The van der Waals surface area contributed by atoms with Gasteiger partial charge in [-0.1, -0.05) is 17.3 Å². The Labute approximate surface area is 123 Å². The van der Waals surface area contributed by atoms with Crippen LogP contribution in [0.2, 0.25) is 0 Å². The average molecular weight is 321 g/mol.